The predicted octanol–water partition coefficient (Wildman–Crippen LogP) is 8.64. The first-order valence-corrected chi connectivity index (χ1v) is 20.0. The number of ether oxygens (including phenoxy) is 4. The molecule has 1 fully saturated rings. The van der Waals surface area contributed by atoms with Crippen LogP contribution in [0.5, 0.6) is 0 Å². The Bertz CT molecular complexity index is 1490. The quantitative estimate of drug-likeness (QED) is 0.0980. The van der Waals surface area contributed by atoms with Gasteiger partial charge in [0.15, 0.2) is 5.60 Å². The highest BCUT2D eigenvalue weighted by atomic mass is 32.1. The maximum Gasteiger partial charge on any atom is 0.157 e. The highest BCUT2D eigenvalue weighted by Gasteiger charge is 2.72. The average Bonchev–Trinajstić information content (AvgIpc) is 3.12. The molecule has 0 radical (unpaired) electrons. The van der Waals surface area contributed by atoms with Gasteiger partial charge in [-0.05, 0) is 29.2 Å². The Morgan fingerprint density at radius 3 is 1.68 bits per heavy atom. The van der Waals surface area contributed by atoms with Crippen molar-refractivity contribution in [2.75, 3.05) is 6.61 Å². The summed E-state index contributed by atoms with van der Waals surface area (Å²) in [7, 11) is -2.46. The van der Waals surface area contributed by atoms with E-state index >= 15 is 0 Å². The Hall–Kier alpha value is -2.75. The Balaban J connectivity index is 1.74. The summed E-state index contributed by atoms with van der Waals surface area (Å²) in [6.07, 6.45) is -2.03. The Morgan fingerprint density at radius 2 is 1.17 bits per heavy atom. The second-order valence-electron chi connectivity index (χ2n) is 12.7. The minimum Gasteiger partial charge on any atom is -0.394 e. The SMILES string of the molecule is CC[Si](CC)(CC)[C@@]1(S)O[C@H](CO)[C@H](OCc2ccccc2)[C@H](OCc2ccccc2)[C@]1(OCc1ccc(C)cc1)c1ccccc1. The fraction of sp³-hybridized carbons (Fsp3) is 0.400. The van der Waals surface area contributed by atoms with Gasteiger partial charge in [0.1, 0.15) is 30.9 Å². The van der Waals surface area contributed by atoms with Crippen LogP contribution in [0.15, 0.2) is 115 Å². The van der Waals surface area contributed by atoms with Crippen molar-refractivity contribution >= 4 is 20.7 Å². The molecule has 47 heavy (non-hydrogen) atoms. The van der Waals surface area contributed by atoms with Crippen LogP contribution < -0.4 is 0 Å². The number of hydrogen-bond acceptors (Lipinski definition) is 6. The van der Waals surface area contributed by atoms with Crippen molar-refractivity contribution in [2.45, 2.75) is 94.1 Å². The zero-order valence-electron chi connectivity index (χ0n) is 28.2. The Labute approximate surface area is 287 Å². The van der Waals surface area contributed by atoms with Gasteiger partial charge in [0.05, 0.1) is 26.4 Å². The molecule has 0 aromatic heterocycles. The zero-order valence-corrected chi connectivity index (χ0v) is 30.1. The Kier molecular flexibility index (Phi) is 12.2. The summed E-state index contributed by atoms with van der Waals surface area (Å²) < 4.78 is 27.6. The first kappa shape index (κ1) is 35.6. The molecule has 1 N–H and O–H groups in total. The number of aliphatic hydroxyl groups is 1. The van der Waals surface area contributed by atoms with E-state index in [2.05, 4.69) is 76.2 Å². The normalized spacial score (nSPS) is 24.7. The van der Waals surface area contributed by atoms with Crippen molar-refractivity contribution in [1.29, 1.82) is 0 Å². The second kappa shape index (κ2) is 16.1. The van der Waals surface area contributed by atoms with Gasteiger partial charge in [-0.2, -0.15) is 0 Å². The summed E-state index contributed by atoms with van der Waals surface area (Å²) in [5, 5.41) is 11.0. The van der Waals surface area contributed by atoms with Crippen LogP contribution >= 0.6 is 12.6 Å². The molecule has 0 spiro atoms. The van der Waals surface area contributed by atoms with Crippen molar-refractivity contribution in [3.63, 3.8) is 0 Å². The van der Waals surface area contributed by atoms with Gasteiger partial charge in [-0.1, -0.05) is 160 Å². The van der Waals surface area contributed by atoms with E-state index in [0.29, 0.717) is 19.8 Å². The molecule has 5 nitrogen and oxygen atoms in total. The molecule has 7 heteroatoms. The highest BCUT2D eigenvalue weighted by Crippen LogP contribution is 2.58. The average molecular weight is 671 g/mol. The van der Waals surface area contributed by atoms with Gasteiger partial charge >= 0.3 is 0 Å². The topological polar surface area (TPSA) is 57.2 Å². The number of aryl methyl sites for hydroxylation is 1. The number of thiol groups is 1. The lowest BCUT2D eigenvalue weighted by atomic mass is 9.80. The second-order valence-corrected chi connectivity index (χ2v) is 19.1. The maximum atomic E-state index is 11.0. The van der Waals surface area contributed by atoms with Gasteiger partial charge in [-0.3, -0.25) is 0 Å². The molecule has 0 saturated carbocycles. The maximum absolute atomic E-state index is 11.0. The fourth-order valence-corrected chi connectivity index (χ4v) is 13.6. The lowest BCUT2D eigenvalue weighted by molar-refractivity contribution is -0.313. The highest BCUT2D eigenvalue weighted by molar-refractivity contribution is 7.84. The first-order valence-electron chi connectivity index (χ1n) is 16.9. The molecule has 250 valence electrons. The molecule has 1 aliphatic rings. The molecule has 0 unspecified atom stereocenters. The smallest absolute Gasteiger partial charge is 0.157 e. The molecule has 1 saturated heterocycles. The molecule has 0 aliphatic carbocycles. The van der Waals surface area contributed by atoms with E-state index in [9.17, 15) is 5.11 Å². The summed E-state index contributed by atoms with van der Waals surface area (Å²) >= 11 is 5.73. The molecule has 5 atom stereocenters. The van der Waals surface area contributed by atoms with Crippen molar-refractivity contribution in [2.24, 2.45) is 0 Å². The third-order valence-electron chi connectivity index (χ3n) is 10.2. The summed E-state index contributed by atoms with van der Waals surface area (Å²) in [5.41, 5.74) is 4.03. The number of benzene rings is 4. The largest absolute Gasteiger partial charge is 0.394 e. The van der Waals surface area contributed by atoms with Crippen LogP contribution in [0.2, 0.25) is 18.1 Å². The number of rotatable bonds is 15. The molecule has 1 aliphatic heterocycles. The molecular formula is C40H50O5SSi. The van der Waals surface area contributed by atoms with Gasteiger partial charge in [0.2, 0.25) is 0 Å². The minimum atomic E-state index is -2.46. The molecule has 4 aromatic rings. The van der Waals surface area contributed by atoms with Crippen LogP contribution in [0.4, 0.5) is 0 Å². The van der Waals surface area contributed by atoms with Crippen LogP contribution in [-0.4, -0.2) is 42.7 Å². The summed E-state index contributed by atoms with van der Waals surface area (Å²) in [4.78, 5) is 0. The molecule has 1 heterocycles. The number of aliphatic hydroxyl groups excluding tert-OH is 1. The molecule has 5 rings (SSSR count). The van der Waals surface area contributed by atoms with Gasteiger partial charge in [0, 0.05) is 0 Å². The van der Waals surface area contributed by atoms with Gasteiger partial charge < -0.3 is 24.1 Å². The van der Waals surface area contributed by atoms with Crippen molar-refractivity contribution in [1.82, 2.24) is 0 Å². The van der Waals surface area contributed by atoms with Crippen LogP contribution in [0.3, 0.4) is 0 Å². The zero-order chi connectivity index (χ0) is 33.3. The van der Waals surface area contributed by atoms with E-state index < -0.39 is 36.5 Å². The lowest BCUT2D eigenvalue weighted by Crippen LogP contribution is -2.78. The molecule has 0 bridgehead atoms. The van der Waals surface area contributed by atoms with Crippen molar-refractivity contribution in [3.8, 4) is 0 Å². The van der Waals surface area contributed by atoms with Crippen LogP contribution in [-0.2, 0) is 44.4 Å². The van der Waals surface area contributed by atoms with E-state index in [4.69, 9.17) is 31.6 Å². The lowest BCUT2D eigenvalue weighted by Gasteiger charge is -2.63. The van der Waals surface area contributed by atoms with Gasteiger partial charge in [0.25, 0.3) is 0 Å². The van der Waals surface area contributed by atoms with Crippen LogP contribution in [0.25, 0.3) is 0 Å². The molecule has 0 amide bonds. The Morgan fingerprint density at radius 1 is 0.681 bits per heavy atom. The fourth-order valence-electron chi connectivity index (χ4n) is 7.25. The minimum absolute atomic E-state index is 0.239. The van der Waals surface area contributed by atoms with Crippen LogP contribution in [0, 0.1) is 6.92 Å². The van der Waals surface area contributed by atoms with E-state index in [-0.39, 0.29) is 6.61 Å². The predicted molar refractivity (Wildman–Crippen MR) is 195 cm³/mol. The van der Waals surface area contributed by atoms with E-state index in [1.54, 1.807) is 0 Å². The van der Waals surface area contributed by atoms with E-state index in [1.807, 2.05) is 66.7 Å². The van der Waals surface area contributed by atoms with Crippen LogP contribution in [0.1, 0.15) is 48.6 Å². The van der Waals surface area contributed by atoms with Crippen molar-refractivity contribution < 1.29 is 24.1 Å². The van der Waals surface area contributed by atoms with Gasteiger partial charge in [-0.15, -0.1) is 12.6 Å². The monoisotopic (exact) mass is 670 g/mol. The van der Waals surface area contributed by atoms with E-state index in [1.165, 1.54) is 5.56 Å². The van der Waals surface area contributed by atoms with E-state index in [0.717, 1.165) is 40.4 Å². The third kappa shape index (κ3) is 7.18. The summed E-state index contributed by atoms with van der Waals surface area (Å²) in [5.74, 6) is 0. The summed E-state index contributed by atoms with van der Waals surface area (Å²) in [6.45, 7) is 9.59. The number of hydrogen-bond donors (Lipinski definition) is 2. The standard InChI is InChI=1S/C40H50O5SSi/c1-5-47(6-2,7-3)40(46)39(35-21-15-10-16-22-35,44-30-34-25-23-31(4)24-26-34)38(43-29-33-19-13-9-14-20-33)37(36(27-41)45-40)42-28-32-17-11-8-12-18-32/h8-26,36-38,41,46H,5-7,27-30H2,1-4H3/t36-,37+,38+,39-,40-/m1/s1. The van der Waals surface area contributed by atoms with Crippen molar-refractivity contribution in [3.05, 3.63) is 143 Å². The molecular weight excluding hydrogens is 621 g/mol. The summed E-state index contributed by atoms with van der Waals surface area (Å²) in [6, 6.07) is 41.8. The molecule has 4 aromatic carbocycles. The first-order chi connectivity index (χ1) is 22.9. The van der Waals surface area contributed by atoms with Gasteiger partial charge in [-0.25, -0.2) is 0 Å². The third-order valence-corrected chi connectivity index (χ3v) is 18.0.